The number of rotatable bonds is 8. The van der Waals surface area contributed by atoms with Gasteiger partial charge in [0.2, 0.25) is 5.91 Å². The molecule has 1 heterocycles. The fourth-order valence-corrected chi connectivity index (χ4v) is 4.27. The van der Waals surface area contributed by atoms with E-state index in [9.17, 15) is 24.6 Å². The minimum Gasteiger partial charge on any atom is -0.507 e. The number of thioether (sulfide) groups is 1. The molecule has 9 heteroatoms. The van der Waals surface area contributed by atoms with E-state index in [2.05, 4.69) is 10.6 Å². The van der Waals surface area contributed by atoms with Crippen LogP contribution in [0.15, 0.2) is 101 Å². The Morgan fingerprint density at radius 1 is 0.829 bits per heavy atom. The van der Waals surface area contributed by atoms with Crippen molar-refractivity contribution in [2.24, 2.45) is 0 Å². The number of furan rings is 1. The molecule has 4 aromatic rings. The van der Waals surface area contributed by atoms with E-state index < -0.39 is 11.2 Å². The number of carbonyl (C=O) groups is 3. The molecule has 176 valence electrons. The van der Waals surface area contributed by atoms with Crippen molar-refractivity contribution in [2.45, 2.75) is 10.1 Å². The van der Waals surface area contributed by atoms with Crippen molar-refractivity contribution in [1.29, 1.82) is 0 Å². The summed E-state index contributed by atoms with van der Waals surface area (Å²) in [5, 5.41) is 23.8. The molecule has 2 amide bonds. The number of carboxylic acids is 1. The number of aromatic hydroxyl groups is 1. The van der Waals surface area contributed by atoms with Crippen molar-refractivity contribution < 1.29 is 29.0 Å². The topological polar surface area (TPSA) is 129 Å². The number of carboxylic acid groups (broad SMARTS) is 1. The number of aromatic carboxylic acids is 1. The summed E-state index contributed by atoms with van der Waals surface area (Å²) in [6.45, 7) is 0. The van der Waals surface area contributed by atoms with E-state index in [1.807, 2.05) is 30.3 Å². The van der Waals surface area contributed by atoms with Gasteiger partial charge in [-0.1, -0.05) is 30.3 Å². The Kier molecular flexibility index (Phi) is 7.18. The second-order valence-electron chi connectivity index (χ2n) is 7.39. The minimum atomic E-state index is -1.30. The Morgan fingerprint density at radius 2 is 1.54 bits per heavy atom. The molecule has 1 atom stereocenters. The maximum atomic E-state index is 13.2. The first-order valence-electron chi connectivity index (χ1n) is 10.4. The normalized spacial score (nSPS) is 11.4. The second-order valence-corrected chi connectivity index (χ2v) is 8.57. The maximum absolute atomic E-state index is 13.2. The standard InChI is InChI=1S/C26H20N2O6S/c29-21-13-10-18(15-20(21)26(32)33)28-25(31)23(16-5-2-1-3-6-16)35-19-11-8-17(9-12-19)27-24(30)22-7-4-14-34-22/h1-15,23,29H,(H,27,30)(H,28,31)(H,32,33). The van der Waals surface area contributed by atoms with E-state index in [0.717, 1.165) is 10.5 Å². The van der Waals surface area contributed by atoms with Crippen LogP contribution in [0.3, 0.4) is 0 Å². The van der Waals surface area contributed by atoms with Crippen LogP contribution in [0.5, 0.6) is 5.75 Å². The molecule has 1 unspecified atom stereocenters. The average molecular weight is 489 g/mol. The lowest BCUT2D eigenvalue weighted by Gasteiger charge is -2.18. The Morgan fingerprint density at radius 3 is 2.20 bits per heavy atom. The zero-order valence-electron chi connectivity index (χ0n) is 18.2. The third-order valence-corrected chi connectivity index (χ3v) is 6.21. The van der Waals surface area contributed by atoms with Gasteiger partial charge in [0.1, 0.15) is 16.6 Å². The molecule has 0 spiro atoms. The van der Waals surface area contributed by atoms with Crippen molar-refractivity contribution in [3.8, 4) is 5.75 Å². The van der Waals surface area contributed by atoms with Crippen molar-refractivity contribution in [3.63, 3.8) is 0 Å². The van der Waals surface area contributed by atoms with E-state index in [1.165, 1.54) is 36.2 Å². The number of hydrogen-bond acceptors (Lipinski definition) is 6. The number of phenols is 1. The SMILES string of the molecule is O=C(Nc1ccc(SC(C(=O)Nc2ccc(O)c(C(=O)O)c2)c2ccccc2)cc1)c1ccco1. The van der Waals surface area contributed by atoms with E-state index in [4.69, 9.17) is 4.42 Å². The lowest BCUT2D eigenvalue weighted by atomic mass is 10.1. The van der Waals surface area contributed by atoms with Gasteiger partial charge in [-0.05, 0) is 60.2 Å². The van der Waals surface area contributed by atoms with Gasteiger partial charge in [0, 0.05) is 16.3 Å². The highest BCUT2D eigenvalue weighted by molar-refractivity contribution is 8.00. The van der Waals surface area contributed by atoms with Gasteiger partial charge in [-0.15, -0.1) is 11.8 Å². The van der Waals surface area contributed by atoms with Crippen LogP contribution in [-0.2, 0) is 4.79 Å². The Hall–Kier alpha value is -4.50. The van der Waals surface area contributed by atoms with Gasteiger partial charge >= 0.3 is 5.97 Å². The van der Waals surface area contributed by atoms with Gasteiger partial charge in [0.15, 0.2) is 5.76 Å². The summed E-state index contributed by atoms with van der Waals surface area (Å²) < 4.78 is 5.09. The van der Waals surface area contributed by atoms with E-state index in [1.54, 1.807) is 36.4 Å². The predicted octanol–water partition coefficient (Wildman–Crippen LogP) is 5.41. The molecular formula is C26H20N2O6S. The van der Waals surface area contributed by atoms with Crippen LogP contribution in [0.25, 0.3) is 0 Å². The first-order valence-corrected chi connectivity index (χ1v) is 11.3. The number of carbonyl (C=O) groups excluding carboxylic acids is 2. The summed E-state index contributed by atoms with van der Waals surface area (Å²) in [6, 6.07) is 23.2. The Bertz CT molecular complexity index is 1340. The molecule has 0 bridgehead atoms. The van der Waals surface area contributed by atoms with Crippen LogP contribution in [0.1, 0.15) is 31.7 Å². The number of amides is 2. The number of hydrogen-bond donors (Lipinski definition) is 4. The third-order valence-electron chi connectivity index (χ3n) is 4.95. The summed E-state index contributed by atoms with van der Waals surface area (Å²) in [6.07, 6.45) is 1.42. The molecule has 4 N–H and O–H groups in total. The molecule has 0 saturated heterocycles. The van der Waals surface area contributed by atoms with Crippen LogP contribution in [0, 0.1) is 0 Å². The van der Waals surface area contributed by atoms with Crippen molar-refractivity contribution in [3.05, 3.63) is 108 Å². The lowest BCUT2D eigenvalue weighted by Crippen LogP contribution is -2.19. The Labute approximate surface area is 204 Å². The largest absolute Gasteiger partial charge is 0.507 e. The van der Waals surface area contributed by atoms with Gasteiger partial charge < -0.3 is 25.3 Å². The molecule has 0 aliphatic rings. The van der Waals surface area contributed by atoms with Gasteiger partial charge in [-0.2, -0.15) is 0 Å². The monoisotopic (exact) mass is 488 g/mol. The van der Waals surface area contributed by atoms with Crippen LogP contribution in [-0.4, -0.2) is 28.0 Å². The second kappa shape index (κ2) is 10.6. The van der Waals surface area contributed by atoms with Crippen LogP contribution in [0.4, 0.5) is 11.4 Å². The highest BCUT2D eigenvalue weighted by Crippen LogP contribution is 2.37. The lowest BCUT2D eigenvalue weighted by molar-refractivity contribution is -0.115. The highest BCUT2D eigenvalue weighted by Gasteiger charge is 2.23. The summed E-state index contributed by atoms with van der Waals surface area (Å²) in [5.74, 6) is -2.22. The number of benzene rings is 3. The highest BCUT2D eigenvalue weighted by atomic mass is 32.2. The molecule has 0 fully saturated rings. The Balaban J connectivity index is 1.51. The van der Waals surface area contributed by atoms with Gasteiger partial charge in [0.25, 0.3) is 5.91 Å². The summed E-state index contributed by atoms with van der Waals surface area (Å²) in [5.41, 5.74) is 1.27. The third kappa shape index (κ3) is 5.90. The number of nitrogens with one attached hydrogen (secondary N) is 2. The smallest absolute Gasteiger partial charge is 0.339 e. The molecular weight excluding hydrogens is 468 g/mol. The molecule has 4 rings (SSSR count). The average Bonchev–Trinajstić information content (AvgIpc) is 3.40. The molecule has 0 radical (unpaired) electrons. The predicted molar refractivity (Wildman–Crippen MR) is 132 cm³/mol. The zero-order valence-corrected chi connectivity index (χ0v) is 19.0. The first kappa shape index (κ1) is 23.7. The molecule has 8 nitrogen and oxygen atoms in total. The molecule has 0 saturated carbocycles. The first-order chi connectivity index (χ1) is 16.9. The molecule has 0 aliphatic carbocycles. The van der Waals surface area contributed by atoms with Crippen LogP contribution in [0.2, 0.25) is 0 Å². The molecule has 1 aromatic heterocycles. The van der Waals surface area contributed by atoms with Crippen molar-refractivity contribution in [1.82, 2.24) is 0 Å². The summed E-state index contributed by atoms with van der Waals surface area (Å²) in [4.78, 5) is 37.5. The van der Waals surface area contributed by atoms with Crippen molar-refractivity contribution in [2.75, 3.05) is 10.6 Å². The van der Waals surface area contributed by atoms with Crippen molar-refractivity contribution >= 4 is 40.9 Å². The van der Waals surface area contributed by atoms with Crippen LogP contribution >= 0.6 is 11.8 Å². The fraction of sp³-hybridized carbons (Fsp3) is 0.0385. The molecule has 0 aliphatic heterocycles. The van der Waals surface area contributed by atoms with Gasteiger partial charge in [-0.25, -0.2) is 4.79 Å². The maximum Gasteiger partial charge on any atom is 0.339 e. The fourth-order valence-electron chi connectivity index (χ4n) is 3.25. The van der Waals surface area contributed by atoms with E-state index in [0.29, 0.717) is 5.69 Å². The summed E-state index contributed by atoms with van der Waals surface area (Å²) in [7, 11) is 0. The minimum absolute atomic E-state index is 0.199. The summed E-state index contributed by atoms with van der Waals surface area (Å²) >= 11 is 1.30. The zero-order chi connectivity index (χ0) is 24.8. The van der Waals surface area contributed by atoms with Crippen LogP contribution < -0.4 is 10.6 Å². The number of anilines is 2. The van der Waals surface area contributed by atoms with E-state index in [-0.39, 0.29) is 34.6 Å². The van der Waals surface area contributed by atoms with E-state index >= 15 is 0 Å². The molecule has 35 heavy (non-hydrogen) atoms. The van der Waals surface area contributed by atoms with Gasteiger partial charge in [-0.3, -0.25) is 9.59 Å². The van der Waals surface area contributed by atoms with Gasteiger partial charge in [0.05, 0.1) is 6.26 Å². The molecule has 3 aromatic carbocycles. The quantitative estimate of drug-likeness (QED) is 0.193.